The monoisotopic (exact) mass is 579 g/mol. The number of hydrogen-bond donors (Lipinski definition) is 1. The molecule has 2 aliphatic heterocycles. The smallest absolute Gasteiger partial charge is 0.312 e. The highest BCUT2D eigenvalue weighted by Gasteiger charge is 2.37. The summed E-state index contributed by atoms with van der Waals surface area (Å²) in [5.41, 5.74) is 6.11. The van der Waals surface area contributed by atoms with Crippen LogP contribution in [-0.2, 0) is 33.8 Å². The van der Waals surface area contributed by atoms with Crippen molar-refractivity contribution in [2.45, 2.75) is 65.4 Å². The number of thiazole rings is 1. The zero-order valence-corrected chi connectivity index (χ0v) is 25.7. The van der Waals surface area contributed by atoms with Crippen molar-refractivity contribution in [3.8, 4) is 22.8 Å². The van der Waals surface area contributed by atoms with E-state index in [0.29, 0.717) is 26.1 Å². The molecule has 0 bridgehead atoms. The first-order valence-electron chi connectivity index (χ1n) is 14.2. The molecule has 3 aromatic rings. The molecule has 1 N–H and O–H groups in total. The molecule has 220 valence electrons. The molecule has 3 heterocycles. The molecular weight excluding hydrogens is 538 g/mol. The number of ether oxygens (including phenoxy) is 4. The van der Waals surface area contributed by atoms with Crippen molar-refractivity contribution in [3.05, 3.63) is 58.0 Å². The molecule has 9 heteroatoms. The third kappa shape index (κ3) is 6.85. The number of methoxy groups -OCH3 is 2. The summed E-state index contributed by atoms with van der Waals surface area (Å²) >= 11 is 1.60. The molecule has 0 spiro atoms. The van der Waals surface area contributed by atoms with Gasteiger partial charge in [-0.15, -0.1) is 11.3 Å². The quantitative estimate of drug-likeness (QED) is 0.349. The fraction of sp³-hybridized carbons (Fsp3) is 0.500. The number of fused-ring (bicyclic) bond motifs is 1. The highest BCUT2D eigenvalue weighted by molar-refractivity contribution is 7.14. The van der Waals surface area contributed by atoms with Crippen LogP contribution in [0, 0.1) is 12.8 Å². The van der Waals surface area contributed by atoms with Crippen molar-refractivity contribution >= 4 is 22.4 Å². The number of aryl methyl sites for hydroxylation is 1. The number of piperidine rings is 1. The average Bonchev–Trinajstić information content (AvgIpc) is 3.45. The van der Waals surface area contributed by atoms with Crippen LogP contribution in [0.5, 0.6) is 11.5 Å². The van der Waals surface area contributed by atoms with E-state index in [-0.39, 0.29) is 18.0 Å². The first-order chi connectivity index (χ1) is 19.6. The van der Waals surface area contributed by atoms with Gasteiger partial charge in [0.05, 0.1) is 24.8 Å². The number of nitrogens with one attached hydrogen (secondary N) is 1. The maximum Gasteiger partial charge on any atom is 0.312 e. The number of aromatic nitrogens is 1. The van der Waals surface area contributed by atoms with Gasteiger partial charge in [0.1, 0.15) is 23.7 Å². The third-order valence-electron chi connectivity index (χ3n) is 7.59. The molecular formula is C32H41N3O5S. The van der Waals surface area contributed by atoms with E-state index in [1.165, 1.54) is 11.1 Å². The first kappa shape index (κ1) is 29.4. The third-order valence-corrected chi connectivity index (χ3v) is 8.49. The molecule has 41 heavy (non-hydrogen) atoms. The van der Waals surface area contributed by atoms with Crippen molar-refractivity contribution in [1.82, 2.24) is 10.3 Å². The van der Waals surface area contributed by atoms with Gasteiger partial charge in [-0.25, -0.2) is 4.98 Å². The Morgan fingerprint density at radius 3 is 2.76 bits per heavy atom. The fourth-order valence-electron chi connectivity index (χ4n) is 5.53. The number of carbonyl (C=O) groups is 1. The van der Waals surface area contributed by atoms with Crippen molar-refractivity contribution in [1.29, 1.82) is 0 Å². The second kappa shape index (κ2) is 12.4. The Bertz CT molecular complexity index is 1360. The molecule has 0 saturated carbocycles. The number of carbonyl (C=O) groups excluding carboxylic acids is 1. The number of nitrogens with zero attached hydrogens (tertiary/aromatic N) is 2. The van der Waals surface area contributed by atoms with Gasteiger partial charge in [0, 0.05) is 43.3 Å². The maximum absolute atomic E-state index is 12.8. The Balaban J connectivity index is 1.31. The molecule has 1 saturated heterocycles. The van der Waals surface area contributed by atoms with Crippen LogP contribution >= 0.6 is 11.3 Å². The minimum absolute atomic E-state index is 0.196. The van der Waals surface area contributed by atoms with Crippen LogP contribution < -0.4 is 19.7 Å². The van der Waals surface area contributed by atoms with E-state index in [9.17, 15) is 4.79 Å². The number of anilines is 1. The predicted molar refractivity (Wildman–Crippen MR) is 162 cm³/mol. The van der Waals surface area contributed by atoms with Crippen LogP contribution in [0.1, 0.15) is 49.4 Å². The van der Waals surface area contributed by atoms with Crippen molar-refractivity contribution in [2.75, 3.05) is 38.8 Å². The summed E-state index contributed by atoms with van der Waals surface area (Å²) in [6.45, 7) is 11.3. The summed E-state index contributed by atoms with van der Waals surface area (Å²) < 4.78 is 23.5. The average molecular weight is 580 g/mol. The van der Waals surface area contributed by atoms with Crippen molar-refractivity contribution in [2.24, 2.45) is 5.92 Å². The minimum atomic E-state index is -0.520. The Kier molecular flexibility index (Phi) is 8.87. The number of benzene rings is 2. The molecule has 2 aliphatic rings. The van der Waals surface area contributed by atoms with E-state index < -0.39 is 5.60 Å². The molecule has 2 aromatic carbocycles. The van der Waals surface area contributed by atoms with Crippen LogP contribution in [0.2, 0.25) is 0 Å². The van der Waals surface area contributed by atoms with Crippen LogP contribution in [-0.4, -0.2) is 56.5 Å². The minimum Gasteiger partial charge on any atom is -0.496 e. The van der Waals surface area contributed by atoms with Crippen LogP contribution in [0.3, 0.4) is 0 Å². The zero-order valence-electron chi connectivity index (χ0n) is 24.9. The fourth-order valence-corrected chi connectivity index (χ4v) is 6.39. The molecule has 0 radical (unpaired) electrons. The molecule has 0 aliphatic carbocycles. The molecule has 8 nitrogen and oxygen atoms in total. The summed E-state index contributed by atoms with van der Waals surface area (Å²) in [5.74, 6) is 1.22. The van der Waals surface area contributed by atoms with E-state index in [4.69, 9.17) is 23.9 Å². The maximum atomic E-state index is 12.8. The second-order valence-electron chi connectivity index (χ2n) is 11.8. The van der Waals surface area contributed by atoms with Crippen LogP contribution in [0.4, 0.5) is 5.13 Å². The Hall–Kier alpha value is -3.14. The Labute approximate surface area is 247 Å². The van der Waals surface area contributed by atoms with Crippen molar-refractivity contribution in [3.63, 3.8) is 0 Å². The summed E-state index contributed by atoms with van der Waals surface area (Å²) in [7, 11) is 3.38. The standard InChI is InChI=1S/C32H41N3O5S/c1-20-7-8-27(39-18-21-14-22-9-11-33-16-25(22)28(15-21)37-5)24(13-20)26-19-41-31(34-26)35-12-10-23(29(17-35)38-6)30(36)40-32(2,3)4/h7-8,13-15,19,23,29,33H,9-12,16-18H2,1-6H3/t23-,29+/m1/s1. The predicted octanol–water partition coefficient (Wildman–Crippen LogP) is 5.53. The van der Waals surface area contributed by atoms with Crippen molar-refractivity contribution < 1.29 is 23.7 Å². The zero-order chi connectivity index (χ0) is 29.1. The van der Waals surface area contributed by atoms with Gasteiger partial charge in [-0.1, -0.05) is 17.7 Å². The molecule has 1 aromatic heterocycles. The summed E-state index contributed by atoms with van der Waals surface area (Å²) in [5, 5.41) is 6.41. The van der Waals surface area contributed by atoms with Gasteiger partial charge in [0.25, 0.3) is 0 Å². The molecule has 5 rings (SSSR count). The highest BCUT2D eigenvalue weighted by Crippen LogP contribution is 2.37. The summed E-state index contributed by atoms with van der Waals surface area (Å²) in [4.78, 5) is 20.0. The lowest BCUT2D eigenvalue weighted by Gasteiger charge is -2.37. The van der Waals surface area contributed by atoms with Crippen LogP contribution in [0.15, 0.2) is 35.7 Å². The summed E-state index contributed by atoms with van der Waals surface area (Å²) in [6, 6.07) is 10.5. The van der Waals surface area contributed by atoms with Gasteiger partial charge in [0.15, 0.2) is 5.13 Å². The van der Waals surface area contributed by atoms with E-state index >= 15 is 0 Å². The largest absolute Gasteiger partial charge is 0.496 e. The van der Waals surface area contributed by atoms with E-state index in [1.54, 1.807) is 25.6 Å². The van der Waals surface area contributed by atoms with E-state index in [2.05, 4.69) is 46.8 Å². The first-order valence-corrected chi connectivity index (χ1v) is 15.1. The number of rotatable bonds is 8. The lowest BCUT2D eigenvalue weighted by molar-refractivity contribution is -0.165. The molecule has 2 atom stereocenters. The lowest BCUT2D eigenvalue weighted by Crippen LogP contribution is -2.49. The van der Waals surface area contributed by atoms with E-state index in [1.807, 2.05) is 26.8 Å². The van der Waals surface area contributed by atoms with Gasteiger partial charge in [-0.05, 0) is 76.4 Å². The lowest BCUT2D eigenvalue weighted by atomic mass is 9.93. The second-order valence-corrected chi connectivity index (χ2v) is 12.7. The van der Waals surface area contributed by atoms with Gasteiger partial charge in [0.2, 0.25) is 0 Å². The SMILES string of the molecule is COc1cc(COc2ccc(C)cc2-c2csc(N3CC[C@@H](C(=O)OC(C)(C)C)[C@@H](OC)C3)n2)cc2c1CNCC2. The van der Waals surface area contributed by atoms with E-state index in [0.717, 1.165) is 58.5 Å². The molecule has 0 unspecified atom stereocenters. The van der Waals surface area contributed by atoms with Gasteiger partial charge >= 0.3 is 5.97 Å². The van der Waals surface area contributed by atoms with Gasteiger partial charge in [-0.3, -0.25) is 4.79 Å². The van der Waals surface area contributed by atoms with Gasteiger partial charge in [-0.2, -0.15) is 0 Å². The molecule has 1 fully saturated rings. The van der Waals surface area contributed by atoms with Crippen LogP contribution in [0.25, 0.3) is 11.3 Å². The Morgan fingerprint density at radius 1 is 1.17 bits per heavy atom. The topological polar surface area (TPSA) is 82.2 Å². The highest BCUT2D eigenvalue weighted by atomic mass is 32.1. The number of hydrogen-bond acceptors (Lipinski definition) is 9. The Morgan fingerprint density at radius 2 is 2.00 bits per heavy atom. The normalized spacial score (nSPS) is 19.0. The summed E-state index contributed by atoms with van der Waals surface area (Å²) in [6.07, 6.45) is 1.38. The molecule has 0 amide bonds. The van der Waals surface area contributed by atoms with Gasteiger partial charge < -0.3 is 29.2 Å². The number of esters is 1.